The number of ether oxygens (including phenoxy) is 3. The van der Waals surface area contributed by atoms with Crippen molar-refractivity contribution in [2.75, 3.05) is 21.3 Å². The van der Waals surface area contributed by atoms with E-state index >= 15 is 0 Å². The van der Waals surface area contributed by atoms with Gasteiger partial charge in [-0.1, -0.05) is 6.08 Å². The van der Waals surface area contributed by atoms with E-state index in [9.17, 15) is 5.11 Å². The number of aliphatic hydroxyl groups is 1. The van der Waals surface area contributed by atoms with Gasteiger partial charge >= 0.3 is 0 Å². The minimum absolute atomic E-state index is 0.148. The average Bonchev–Trinajstić information content (AvgIpc) is 2.64. The third kappa shape index (κ3) is 2.54. The number of aliphatic hydroxyl groups excluding tert-OH is 1. The van der Waals surface area contributed by atoms with Gasteiger partial charge in [0.15, 0.2) is 11.5 Å². The van der Waals surface area contributed by atoms with Gasteiger partial charge in [0.05, 0.1) is 27.4 Å². The number of methoxy groups -OCH3 is 3. The molecule has 0 amide bonds. The van der Waals surface area contributed by atoms with E-state index in [1.165, 1.54) is 16.8 Å². The number of allylic oxidation sites excluding steroid dienone is 4. The molecule has 25 heavy (non-hydrogen) atoms. The molecular formula is C20H23NO4. The topological polar surface area (TPSA) is 51.2 Å². The Morgan fingerprint density at radius 2 is 1.72 bits per heavy atom. The largest absolute Gasteiger partial charge is 0.504 e. The molecule has 0 fully saturated rings. The van der Waals surface area contributed by atoms with E-state index in [0.717, 1.165) is 30.8 Å². The number of rotatable bonds is 3. The smallest absolute Gasteiger partial charge is 0.158 e. The van der Waals surface area contributed by atoms with Gasteiger partial charge < -0.3 is 24.2 Å². The molecule has 2 unspecified atom stereocenters. The maximum absolute atomic E-state index is 10.1. The van der Waals surface area contributed by atoms with Gasteiger partial charge in [0.2, 0.25) is 0 Å². The molecule has 0 aromatic carbocycles. The summed E-state index contributed by atoms with van der Waals surface area (Å²) in [5, 5.41) is 10.1. The van der Waals surface area contributed by atoms with Crippen molar-refractivity contribution in [3.8, 4) is 0 Å². The lowest BCUT2D eigenvalue weighted by Gasteiger charge is -2.42. The average molecular weight is 341 g/mol. The highest BCUT2D eigenvalue weighted by Gasteiger charge is 2.36. The van der Waals surface area contributed by atoms with Crippen molar-refractivity contribution in [3.63, 3.8) is 0 Å². The Bertz CT molecular complexity index is 782. The van der Waals surface area contributed by atoms with Crippen molar-refractivity contribution in [2.24, 2.45) is 5.92 Å². The van der Waals surface area contributed by atoms with Crippen LogP contribution < -0.4 is 0 Å². The highest BCUT2D eigenvalue weighted by molar-refractivity contribution is 5.50. The molecule has 2 atom stereocenters. The van der Waals surface area contributed by atoms with Crippen molar-refractivity contribution in [3.05, 3.63) is 70.4 Å². The fraction of sp³-hybridized carbons (Fsp3) is 0.400. The first-order valence-electron chi connectivity index (χ1n) is 8.51. The van der Waals surface area contributed by atoms with Crippen LogP contribution >= 0.6 is 0 Å². The quantitative estimate of drug-likeness (QED) is 0.849. The van der Waals surface area contributed by atoms with Crippen molar-refractivity contribution in [1.82, 2.24) is 4.90 Å². The Labute approximate surface area is 147 Å². The van der Waals surface area contributed by atoms with Gasteiger partial charge in [-0.3, -0.25) is 0 Å². The molecule has 2 heterocycles. The van der Waals surface area contributed by atoms with E-state index in [4.69, 9.17) is 14.2 Å². The maximum Gasteiger partial charge on any atom is 0.158 e. The molecule has 5 heteroatoms. The van der Waals surface area contributed by atoms with Crippen molar-refractivity contribution >= 4 is 0 Å². The second-order valence-corrected chi connectivity index (χ2v) is 6.65. The summed E-state index contributed by atoms with van der Waals surface area (Å²) in [4.78, 5) is 2.28. The van der Waals surface area contributed by atoms with Gasteiger partial charge in [-0.15, -0.1) is 0 Å². The molecule has 0 saturated carbocycles. The van der Waals surface area contributed by atoms with E-state index < -0.39 is 0 Å². The van der Waals surface area contributed by atoms with Crippen LogP contribution in [0.1, 0.15) is 19.3 Å². The van der Waals surface area contributed by atoms with E-state index in [1.807, 2.05) is 12.2 Å². The molecule has 132 valence electrons. The van der Waals surface area contributed by atoms with Crippen LogP contribution in [0.2, 0.25) is 0 Å². The van der Waals surface area contributed by atoms with Crippen LogP contribution in [-0.4, -0.2) is 37.4 Å². The number of hydrogen-bond donors (Lipinski definition) is 1. The van der Waals surface area contributed by atoms with Gasteiger partial charge in [-0.05, 0) is 35.8 Å². The number of fused-ring (bicyclic) bond motifs is 4. The summed E-state index contributed by atoms with van der Waals surface area (Å²) in [5.74, 6) is 2.80. The van der Waals surface area contributed by atoms with Gasteiger partial charge in [0.25, 0.3) is 0 Å². The maximum atomic E-state index is 10.1. The molecule has 2 aliphatic heterocycles. The fourth-order valence-corrected chi connectivity index (χ4v) is 4.00. The van der Waals surface area contributed by atoms with Crippen molar-refractivity contribution < 1.29 is 19.3 Å². The van der Waals surface area contributed by atoms with E-state index in [0.29, 0.717) is 5.76 Å². The summed E-state index contributed by atoms with van der Waals surface area (Å²) in [6.45, 7) is 0. The molecule has 0 aromatic heterocycles. The molecule has 2 aliphatic carbocycles. The van der Waals surface area contributed by atoms with Crippen LogP contribution in [0.5, 0.6) is 0 Å². The Balaban J connectivity index is 1.71. The zero-order valence-electron chi connectivity index (χ0n) is 14.8. The van der Waals surface area contributed by atoms with Crippen LogP contribution in [0, 0.1) is 5.92 Å². The van der Waals surface area contributed by atoms with E-state index in [2.05, 4.69) is 23.3 Å². The summed E-state index contributed by atoms with van der Waals surface area (Å²) in [6.07, 6.45) is 13.0. The Morgan fingerprint density at radius 3 is 2.40 bits per heavy atom. The van der Waals surface area contributed by atoms with Gasteiger partial charge in [-0.25, -0.2) is 0 Å². The molecule has 1 N–H and O–H groups in total. The third-order valence-electron chi connectivity index (χ3n) is 5.36. The predicted molar refractivity (Wildman–Crippen MR) is 94.1 cm³/mol. The van der Waals surface area contributed by atoms with Gasteiger partial charge in [-0.2, -0.15) is 0 Å². The summed E-state index contributed by atoms with van der Waals surface area (Å²) < 4.78 is 16.3. The highest BCUT2D eigenvalue weighted by Crippen LogP contribution is 2.42. The van der Waals surface area contributed by atoms with Gasteiger partial charge in [0, 0.05) is 30.7 Å². The summed E-state index contributed by atoms with van der Waals surface area (Å²) >= 11 is 0. The second-order valence-electron chi connectivity index (χ2n) is 6.65. The third-order valence-corrected chi connectivity index (χ3v) is 5.36. The predicted octanol–water partition coefficient (Wildman–Crippen LogP) is 3.67. The van der Waals surface area contributed by atoms with E-state index in [-0.39, 0.29) is 17.7 Å². The van der Waals surface area contributed by atoms with Crippen LogP contribution in [0.4, 0.5) is 0 Å². The van der Waals surface area contributed by atoms with E-state index in [1.54, 1.807) is 21.3 Å². The molecule has 0 spiro atoms. The molecule has 0 saturated heterocycles. The molecule has 0 bridgehead atoms. The fourth-order valence-electron chi connectivity index (χ4n) is 4.00. The van der Waals surface area contributed by atoms with Crippen LogP contribution in [-0.2, 0) is 14.2 Å². The summed E-state index contributed by atoms with van der Waals surface area (Å²) in [7, 11) is 4.98. The molecule has 5 nitrogen and oxygen atoms in total. The summed E-state index contributed by atoms with van der Waals surface area (Å²) in [5.41, 5.74) is 3.73. The van der Waals surface area contributed by atoms with Gasteiger partial charge in [0.1, 0.15) is 11.5 Å². The van der Waals surface area contributed by atoms with Crippen LogP contribution in [0.3, 0.4) is 0 Å². The lowest BCUT2D eigenvalue weighted by Crippen LogP contribution is -2.40. The molecule has 0 aromatic rings. The standard InChI is InChI=1S/C20H23NO4/c1-23-18-10-16-12(7-17(18)22)4-5-15-6-13-8-19(24-2)20(25-3)9-14(13)11-21(15)16/h5-7,10-12,16,22H,4,8-9H2,1-3H3. The Hall–Kier alpha value is -2.56. The monoisotopic (exact) mass is 341 g/mol. The lowest BCUT2D eigenvalue weighted by molar-refractivity contribution is 0.203. The lowest BCUT2D eigenvalue weighted by atomic mass is 9.82. The minimum atomic E-state index is 0.148. The summed E-state index contributed by atoms with van der Waals surface area (Å²) in [6, 6.07) is 0.148. The molecule has 0 radical (unpaired) electrons. The van der Waals surface area contributed by atoms with Crippen LogP contribution in [0.25, 0.3) is 0 Å². The Kier molecular flexibility index (Phi) is 3.86. The highest BCUT2D eigenvalue weighted by atomic mass is 16.5. The van der Waals surface area contributed by atoms with Crippen molar-refractivity contribution in [1.29, 1.82) is 0 Å². The SMILES string of the molecule is COC1=CC2C(C=C1O)CC=C1C=C3CC(OC)=C(OC)CC3=CN12. The normalized spacial score (nSPS) is 27.6. The first-order valence-corrected chi connectivity index (χ1v) is 8.51. The number of hydrogen-bond acceptors (Lipinski definition) is 5. The molecular weight excluding hydrogens is 318 g/mol. The first kappa shape index (κ1) is 15.9. The first-order chi connectivity index (χ1) is 12.1. The Morgan fingerprint density at radius 1 is 1.00 bits per heavy atom. The zero-order chi connectivity index (χ0) is 17.6. The number of nitrogens with zero attached hydrogens (tertiary/aromatic N) is 1. The second kappa shape index (κ2) is 6.06. The van der Waals surface area contributed by atoms with Crippen molar-refractivity contribution in [2.45, 2.75) is 25.3 Å². The minimum Gasteiger partial charge on any atom is -0.504 e. The zero-order valence-corrected chi connectivity index (χ0v) is 14.8. The molecule has 4 aliphatic rings. The van der Waals surface area contributed by atoms with Crippen LogP contribution in [0.15, 0.2) is 70.4 Å². The molecule has 4 rings (SSSR count).